The van der Waals surface area contributed by atoms with Crippen LogP contribution < -0.4 is 5.32 Å². The summed E-state index contributed by atoms with van der Waals surface area (Å²) in [6.07, 6.45) is 1.80. The third-order valence-electron chi connectivity index (χ3n) is 3.71. The maximum absolute atomic E-state index is 13.9. The van der Waals surface area contributed by atoms with Crippen molar-refractivity contribution < 1.29 is 4.39 Å². The first-order valence-corrected chi connectivity index (χ1v) is 6.97. The Kier molecular flexibility index (Phi) is 3.80. The van der Waals surface area contributed by atoms with E-state index >= 15 is 0 Å². The van der Waals surface area contributed by atoms with E-state index in [1.807, 2.05) is 6.07 Å². The lowest BCUT2D eigenvalue weighted by Gasteiger charge is -2.31. The Labute approximate surface area is 118 Å². The lowest BCUT2D eigenvalue weighted by atomic mass is 10.1. The van der Waals surface area contributed by atoms with Gasteiger partial charge in [0.2, 0.25) is 0 Å². The largest absolute Gasteiger partial charge is 0.312 e. The number of hydrogen-bond donors (Lipinski definition) is 2. The van der Waals surface area contributed by atoms with Gasteiger partial charge >= 0.3 is 0 Å². The number of halogens is 1. The van der Waals surface area contributed by atoms with Crippen LogP contribution in [-0.4, -0.2) is 40.8 Å². The first-order chi connectivity index (χ1) is 9.74. The molecule has 1 atom stereocenters. The summed E-state index contributed by atoms with van der Waals surface area (Å²) in [5.41, 5.74) is 2.42. The fourth-order valence-corrected chi connectivity index (χ4v) is 2.72. The van der Waals surface area contributed by atoms with Gasteiger partial charge < -0.3 is 5.32 Å². The number of piperazine rings is 1. The van der Waals surface area contributed by atoms with Crippen LogP contribution >= 0.6 is 0 Å². The van der Waals surface area contributed by atoms with Gasteiger partial charge in [-0.05, 0) is 19.1 Å². The minimum Gasteiger partial charge on any atom is -0.312 e. The summed E-state index contributed by atoms with van der Waals surface area (Å²) in [5.74, 6) is -0.216. The molecule has 0 unspecified atom stereocenters. The molecule has 1 fully saturated rings. The summed E-state index contributed by atoms with van der Waals surface area (Å²) in [5, 5.41) is 10.4. The summed E-state index contributed by atoms with van der Waals surface area (Å²) < 4.78 is 13.9. The number of benzene rings is 1. The van der Waals surface area contributed by atoms with E-state index in [-0.39, 0.29) is 5.82 Å². The molecule has 1 aromatic heterocycles. The Balaban J connectivity index is 1.82. The van der Waals surface area contributed by atoms with Crippen LogP contribution in [0.3, 0.4) is 0 Å². The molecule has 1 aliphatic rings. The minimum atomic E-state index is -0.216. The highest BCUT2D eigenvalue weighted by Gasteiger charge is 2.18. The van der Waals surface area contributed by atoms with E-state index in [2.05, 4.69) is 27.3 Å². The Morgan fingerprint density at radius 3 is 3.05 bits per heavy atom. The van der Waals surface area contributed by atoms with Gasteiger partial charge in [-0.25, -0.2) is 4.39 Å². The quantitative estimate of drug-likeness (QED) is 0.900. The van der Waals surface area contributed by atoms with Gasteiger partial charge in [-0.3, -0.25) is 10.00 Å². The van der Waals surface area contributed by atoms with Crippen LogP contribution in [0.1, 0.15) is 12.5 Å². The molecule has 0 aliphatic carbocycles. The summed E-state index contributed by atoms with van der Waals surface area (Å²) >= 11 is 0. The van der Waals surface area contributed by atoms with Crippen LogP contribution in [0.15, 0.2) is 30.5 Å². The van der Waals surface area contributed by atoms with Crippen molar-refractivity contribution in [2.75, 3.05) is 19.6 Å². The number of nitrogens with zero attached hydrogens (tertiary/aromatic N) is 2. The normalized spacial score (nSPS) is 20.2. The zero-order valence-corrected chi connectivity index (χ0v) is 11.6. The molecule has 0 bridgehead atoms. The molecule has 106 valence electrons. The monoisotopic (exact) mass is 274 g/mol. The molecule has 2 aromatic rings. The molecule has 1 aromatic carbocycles. The van der Waals surface area contributed by atoms with Gasteiger partial charge in [0, 0.05) is 43.3 Å². The number of hydrogen-bond acceptors (Lipinski definition) is 3. The standard InChI is InChI=1S/C15H19FN4/c1-11-9-20(7-6-17-11)10-12-8-18-19-15(12)13-4-2-3-5-14(13)16/h2-5,8,11,17H,6-7,9-10H2,1H3,(H,18,19)/t11-/m0/s1. The SMILES string of the molecule is C[C@H]1CN(Cc2cn[nH]c2-c2ccccc2F)CCN1. The zero-order chi connectivity index (χ0) is 13.9. The van der Waals surface area contributed by atoms with Crippen molar-refractivity contribution in [1.29, 1.82) is 0 Å². The summed E-state index contributed by atoms with van der Waals surface area (Å²) in [7, 11) is 0. The molecule has 0 spiro atoms. The number of aromatic amines is 1. The molecule has 20 heavy (non-hydrogen) atoms. The lowest BCUT2D eigenvalue weighted by molar-refractivity contribution is 0.200. The minimum absolute atomic E-state index is 0.216. The summed E-state index contributed by atoms with van der Waals surface area (Å²) in [4.78, 5) is 2.37. The predicted molar refractivity (Wildman–Crippen MR) is 76.7 cm³/mol. The fraction of sp³-hybridized carbons (Fsp3) is 0.400. The van der Waals surface area contributed by atoms with Crippen LogP contribution in [0.25, 0.3) is 11.3 Å². The van der Waals surface area contributed by atoms with Crippen molar-refractivity contribution >= 4 is 0 Å². The zero-order valence-electron chi connectivity index (χ0n) is 11.6. The van der Waals surface area contributed by atoms with Gasteiger partial charge in [0.25, 0.3) is 0 Å². The molecule has 1 saturated heterocycles. The first-order valence-electron chi connectivity index (χ1n) is 6.97. The topological polar surface area (TPSA) is 44.0 Å². The molecule has 5 heteroatoms. The fourth-order valence-electron chi connectivity index (χ4n) is 2.72. The molecule has 3 rings (SSSR count). The maximum Gasteiger partial charge on any atom is 0.132 e. The number of nitrogens with one attached hydrogen (secondary N) is 2. The van der Waals surface area contributed by atoms with Crippen LogP contribution in [0.4, 0.5) is 4.39 Å². The number of H-pyrrole nitrogens is 1. The molecule has 4 nitrogen and oxygen atoms in total. The third-order valence-corrected chi connectivity index (χ3v) is 3.71. The molecule has 1 aliphatic heterocycles. The average molecular weight is 274 g/mol. The number of rotatable bonds is 3. The second-order valence-electron chi connectivity index (χ2n) is 5.34. The molecule has 2 heterocycles. The highest BCUT2D eigenvalue weighted by Crippen LogP contribution is 2.25. The van der Waals surface area contributed by atoms with E-state index in [1.165, 1.54) is 6.07 Å². The van der Waals surface area contributed by atoms with Crippen molar-refractivity contribution in [3.05, 3.63) is 41.8 Å². The van der Waals surface area contributed by atoms with Crippen LogP contribution in [0.2, 0.25) is 0 Å². The van der Waals surface area contributed by atoms with E-state index < -0.39 is 0 Å². The van der Waals surface area contributed by atoms with Gasteiger partial charge in [0.05, 0.1) is 11.9 Å². The molecule has 0 saturated carbocycles. The van der Waals surface area contributed by atoms with E-state index in [0.29, 0.717) is 11.6 Å². The Hall–Kier alpha value is -1.72. The van der Waals surface area contributed by atoms with Gasteiger partial charge in [0.1, 0.15) is 5.82 Å². The highest BCUT2D eigenvalue weighted by molar-refractivity contribution is 5.63. The Morgan fingerprint density at radius 2 is 2.25 bits per heavy atom. The Bertz CT molecular complexity index is 581. The van der Waals surface area contributed by atoms with Gasteiger partial charge in [-0.1, -0.05) is 12.1 Å². The average Bonchev–Trinajstić information content (AvgIpc) is 2.87. The van der Waals surface area contributed by atoms with Gasteiger partial charge in [-0.15, -0.1) is 0 Å². The smallest absolute Gasteiger partial charge is 0.132 e. The van der Waals surface area contributed by atoms with Crippen LogP contribution in [0.5, 0.6) is 0 Å². The van der Waals surface area contributed by atoms with E-state index in [9.17, 15) is 4.39 Å². The van der Waals surface area contributed by atoms with Crippen molar-refractivity contribution in [2.24, 2.45) is 0 Å². The van der Waals surface area contributed by atoms with E-state index in [1.54, 1.807) is 18.3 Å². The molecule has 0 radical (unpaired) electrons. The molecule has 2 N–H and O–H groups in total. The molecule has 0 amide bonds. The Morgan fingerprint density at radius 1 is 1.40 bits per heavy atom. The summed E-state index contributed by atoms with van der Waals surface area (Å²) in [6, 6.07) is 7.30. The lowest BCUT2D eigenvalue weighted by Crippen LogP contribution is -2.48. The highest BCUT2D eigenvalue weighted by atomic mass is 19.1. The van der Waals surface area contributed by atoms with Crippen molar-refractivity contribution in [2.45, 2.75) is 19.5 Å². The van der Waals surface area contributed by atoms with Gasteiger partial charge in [0.15, 0.2) is 0 Å². The number of aromatic nitrogens is 2. The molecular formula is C15H19FN4. The second kappa shape index (κ2) is 5.73. The van der Waals surface area contributed by atoms with Crippen molar-refractivity contribution in [3.63, 3.8) is 0 Å². The first kappa shape index (κ1) is 13.3. The van der Waals surface area contributed by atoms with Crippen LogP contribution in [-0.2, 0) is 6.54 Å². The summed E-state index contributed by atoms with van der Waals surface area (Å²) in [6.45, 7) is 5.98. The van der Waals surface area contributed by atoms with Crippen molar-refractivity contribution in [1.82, 2.24) is 20.4 Å². The maximum atomic E-state index is 13.9. The second-order valence-corrected chi connectivity index (χ2v) is 5.34. The predicted octanol–water partition coefficient (Wildman–Crippen LogP) is 2.01. The van der Waals surface area contributed by atoms with E-state index in [4.69, 9.17) is 0 Å². The third kappa shape index (κ3) is 2.73. The molecular weight excluding hydrogens is 255 g/mol. The van der Waals surface area contributed by atoms with Crippen molar-refractivity contribution in [3.8, 4) is 11.3 Å². The van der Waals surface area contributed by atoms with E-state index in [0.717, 1.165) is 37.4 Å². The van der Waals surface area contributed by atoms with Crippen LogP contribution in [0, 0.1) is 5.82 Å². The van der Waals surface area contributed by atoms with Gasteiger partial charge in [-0.2, -0.15) is 5.10 Å².